The number of hydrogen-bond donors (Lipinski definition) is 0. The molecule has 6 nitrogen and oxygen atoms in total. The van der Waals surface area contributed by atoms with Crippen LogP contribution in [0.4, 0.5) is 4.79 Å². The fourth-order valence-electron chi connectivity index (χ4n) is 3.08. The summed E-state index contributed by atoms with van der Waals surface area (Å²) in [6, 6.07) is 16.6. The van der Waals surface area contributed by atoms with E-state index in [0.717, 1.165) is 5.56 Å². The van der Waals surface area contributed by atoms with Gasteiger partial charge in [-0.3, -0.25) is 4.90 Å². The van der Waals surface area contributed by atoms with Crippen LogP contribution >= 0.6 is 0 Å². The maximum atomic E-state index is 12.4. The highest BCUT2D eigenvalue weighted by atomic mass is 16.6. The van der Waals surface area contributed by atoms with Gasteiger partial charge in [-0.2, -0.15) is 0 Å². The largest absolute Gasteiger partial charge is 0.479 e. The molecular formula is C22H25NO5. The standard InChI is InChI=1S/C22H25NO5/c1-21(2,3)28-20(25)23-14-22(15-23,17-8-6-5-7-9-17)27-18-12-10-16(11-13-18)19(24)26-4/h5-13H,14-15H2,1-4H3. The molecule has 2 aromatic carbocycles. The third kappa shape index (κ3) is 4.27. The van der Waals surface area contributed by atoms with E-state index in [1.807, 2.05) is 51.1 Å². The summed E-state index contributed by atoms with van der Waals surface area (Å²) in [6.45, 7) is 6.28. The van der Waals surface area contributed by atoms with Crippen molar-refractivity contribution < 1.29 is 23.8 Å². The molecule has 0 atom stereocenters. The number of hydrogen-bond acceptors (Lipinski definition) is 5. The van der Waals surface area contributed by atoms with Crippen molar-refractivity contribution in [2.75, 3.05) is 20.2 Å². The topological polar surface area (TPSA) is 65.1 Å². The summed E-state index contributed by atoms with van der Waals surface area (Å²) in [6.07, 6.45) is -0.358. The van der Waals surface area contributed by atoms with E-state index in [1.165, 1.54) is 7.11 Å². The first-order valence-electron chi connectivity index (χ1n) is 9.13. The van der Waals surface area contributed by atoms with E-state index in [2.05, 4.69) is 0 Å². The lowest BCUT2D eigenvalue weighted by molar-refractivity contribution is -0.0863. The Hall–Kier alpha value is -3.02. The predicted octanol–water partition coefficient (Wildman–Crippen LogP) is 4.00. The summed E-state index contributed by atoms with van der Waals surface area (Å²) in [7, 11) is 1.34. The van der Waals surface area contributed by atoms with Crippen LogP contribution in [-0.2, 0) is 15.1 Å². The lowest BCUT2D eigenvalue weighted by Gasteiger charge is -2.49. The van der Waals surface area contributed by atoms with Crippen molar-refractivity contribution in [2.24, 2.45) is 0 Å². The van der Waals surface area contributed by atoms with Crippen LogP contribution < -0.4 is 4.74 Å². The van der Waals surface area contributed by atoms with E-state index in [9.17, 15) is 9.59 Å². The van der Waals surface area contributed by atoms with Gasteiger partial charge in [0.25, 0.3) is 0 Å². The Morgan fingerprint density at radius 1 is 0.964 bits per heavy atom. The molecule has 1 saturated heterocycles. The number of carbonyl (C=O) groups is 2. The third-order valence-electron chi connectivity index (χ3n) is 4.43. The number of carbonyl (C=O) groups excluding carboxylic acids is 2. The lowest BCUT2D eigenvalue weighted by atomic mass is 9.86. The van der Waals surface area contributed by atoms with Gasteiger partial charge in [0.2, 0.25) is 0 Å². The van der Waals surface area contributed by atoms with Gasteiger partial charge >= 0.3 is 12.1 Å². The van der Waals surface area contributed by atoms with Crippen LogP contribution in [0.3, 0.4) is 0 Å². The van der Waals surface area contributed by atoms with Gasteiger partial charge in [-0.15, -0.1) is 0 Å². The van der Waals surface area contributed by atoms with Crippen LogP contribution in [0, 0.1) is 0 Å². The maximum absolute atomic E-state index is 12.4. The minimum absolute atomic E-state index is 0.358. The van der Waals surface area contributed by atoms with Gasteiger partial charge in [-0.25, -0.2) is 9.59 Å². The molecule has 1 aliphatic heterocycles. The summed E-state index contributed by atoms with van der Waals surface area (Å²) in [5.41, 5.74) is 0.219. The number of likely N-dealkylation sites (tertiary alicyclic amines) is 1. The highest BCUT2D eigenvalue weighted by molar-refractivity contribution is 5.89. The van der Waals surface area contributed by atoms with Gasteiger partial charge < -0.3 is 14.2 Å². The zero-order valence-corrected chi connectivity index (χ0v) is 16.6. The van der Waals surface area contributed by atoms with Crippen molar-refractivity contribution >= 4 is 12.1 Å². The number of rotatable bonds is 4. The molecule has 0 bridgehead atoms. The summed E-state index contributed by atoms with van der Waals surface area (Å²) >= 11 is 0. The van der Waals surface area contributed by atoms with Gasteiger partial charge in [0.1, 0.15) is 11.4 Å². The van der Waals surface area contributed by atoms with E-state index in [1.54, 1.807) is 29.2 Å². The smallest absolute Gasteiger partial charge is 0.410 e. The molecule has 6 heteroatoms. The lowest BCUT2D eigenvalue weighted by Crippen LogP contribution is -2.64. The number of amides is 1. The Kier molecular flexibility index (Phi) is 5.31. The molecule has 2 aromatic rings. The molecule has 0 aromatic heterocycles. The van der Waals surface area contributed by atoms with Crippen molar-refractivity contribution in [3.63, 3.8) is 0 Å². The highest BCUT2D eigenvalue weighted by Crippen LogP contribution is 2.37. The summed E-state index contributed by atoms with van der Waals surface area (Å²) in [5.74, 6) is 0.212. The maximum Gasteiger partial charge on any atom is 0.410 e. The number of methoxy groups -OCH3 is 1. The van der Waals surface area contributed by atoms with Crippen molar-refractivity contribution in [1.82, 2.24) is 4.90 Å². The highest BCUT2D eigenvalue weighted by Gasteiger charge is 2.50. The normalized spacial score (nSPS) is 15.4. The molecule has 28 heavy (non-hydrogen) atoms. The van der Waals surface area contributed by atoms with Gasteiger partial charge in [-0.05, 0) is 50.6 Å². The summed E-state index contributed by atoms with van der Waals surface area (Å²) < 4.78 is 16.5. The molecule has 1 fully saturated rings. The molecular weight excluding hydrogens is 358 g/mol. The fourth-order valence-corrected chi connectivity index (χ4v) is 3.08. The van der Waals surface area contributed by atoms with Gasteiger partial charge in [0, 0.05) is 0 Å². The second-order valence-electron chi connectivity index (χ2n) is 7.81. The van der Waals surface area contributed by atoms with Crippen molar-refractivity contribution in [3.05, 3.63) is 65.7 Å². The fraction of sp³-hybridized carbons (Fsp3) is 0.364. The number of ether oxygens (including phenoxy) is 3. The second-order valence-corrected chi connectivity index (χ2v) is 7.81. The Morgan fingerprint density at radius 3 is 2.11 bits per heavy atom. The van der Waals surface area contributed by atoms with Gasteiger partial charge in [0.05, 0.1) is 25.8 Å². The molecule has 0 radical (unpaired) electrons. The van der Waals surface area contributed by atoms with E-state index >= 15 is 0 Å². The molecule has 148 valence electrons. The van der Waals surface area contributed by atoms with Crippen LogP contribution in [0.2, 0.25) is 0 Å². The van der Waals surface area contributed by atoms with Crippen molar-refractivity contribution in [1.29, 1.82) is 0 Å². The molecule has 0 N–H and O–H groups in total. The molecule has 3 rings (SSSR count). The van der Waals surface area contributed by atoms with Crippen LogP contribution in [0.1, 0.15) is 36.7 Å². The van der Waals surface area contributed by atoms with Gasteiger partial charge in [-0.1, -0.05) is 30.3 Å². The van der Waals surface area contributed by atoms with Gasteiger partial charge in [0.15, 0.2) is 5.60 Å². The second kappa shape index (κ2) is 7.54. The van der Waals surface area contributed by atoms with E-state index in [-0.39, 0.29) is 6.09 Å². The number of benzene rings is 2. The summed E-state index contributed by atoms with van der Waals surface area (Å²) in [4.78, 5) is 25.6. The van der Waals surface area contributed by atoms with E-state index in [4.69, 9.17) is 14.2 Å². The van der Waals surface area contributed by atoms with Crippen LogP contribution in [0.25, 0.3) is 0 Å². The Balaban J connectivity index is 1.78. The SMILES string of the molecule is COC(=O)c1ccc(OC2(c3ccccc3)CN(C(=O)OC(C)(C)C)C2)cc1. The summed E-state index contributed by atoms with van der Waals surface area (Å²) in [5, 5.41) is 0. The average molecular weight is 383 g/mol. The molecule has 0 spiro atoms. The average Bonchev–Trinajstić information content (AvgIpc) is 2.63. The van der Waals surface area contributed by atoms with Crippen molar-refractivity contribution in [2.45, 2.75) is 32.0 Å². The zero-order valence-electron chi connectivity index (χ0n) is 16.6. The van der Waals surface area contributed by atoms with Crippen LogP contribution in [0.15, 0.2) is 54.6 Å². The molecule has 1 heterocycles. The molecule has 0 unspecified atom stereocenters. The first kappa shape index (κ1) is 19.7. The van der Waals surface area contributed by atoms with Crippen LogP contribution in [-0.4, -0.2) is 42.8 Å². The predicted molar refractivity (Wildman–Crippen MR) is 104 cm³/mol. The first-order chi connectivity index (χ1) is 13.2. The minimum atomic E-state index is -0.662. The third-order valence-corrected chi connectivity index (χ3v) is 4.43. The molecule has 1 amide bonds. The first-order valence-corrected chi connectivity index (χ1v) is 9.13. The molecule has 0 saturated carbocycles. The quantitative estimate of drug-likeness (QED) is 0.747. The zero-order chi connectivity index (χ0) is 20.4. The Labute approximate surface area is 165 Å². The van der Waals surface area contributed by atoms with Crippen molar-refractivity contribution in [3.8, 4) is 5.75 Å². The Bertz CT molecular complexity index is 833. The minimum Gasteiger partial charge on any atom is -0.479 e. The molecule has 0 aliphatic carbocycles. The molecule has 1 aliphatic rings. The van der Waals surface area contributed by atoms with E-state index < -0.39 is 17.2 Å². The number of esters is 1. The van der Waals surface area contributed by atoms with Crippen LogP contribution in [0.5, 0.6) is 5.75 Å². The number of nitrogens with zero attached hydrogens (tertiary/aromatic N) is 1. The Morgan fingerprint density at radius 2 is 1.57 bits per heavy atom. The van der Waals surface area contributed by atoms with E-state index in [0.29, 0.717) is 24.4 Å². The monoisotopic (exact) mass is 383 g/mol.